The van der Waals surface area contributed by atoms with Gasteiger partial charge in [0.1, 0.15) is 5.75 Å². The van der Waals surface area contributed by atoms with E-state index >= 15 is 0 Å². The number of hydrogen-bond acceptors (Lipinski definition) is 2. The summed E-state index contributed by atoms with van der Waals surface area (Å²) in [5.41, 5.74) is 3.94. The highest BCUT2D eigenvalue weighted by molar-refractivity contribution is 6.34. The topological polar surface area (TPSA) is 37.3 Å². The molecule has 0 spiro atoms. The van der Waals surface area contributed by atoms with Gasteiger partial charge in [0.25, 0.3) is 0 Å². The molecule has 1 aliphatic rings. The maximum absolute atomic E-state index is 12.9. The molecule has 3 aromatic rings. The fourth-order valence-corrected chi connectivity index (χ4v) is 4.15. The Morgan fingerprint density at radius 3 is 1.84 bits per heavy atom. The zero-order valence-corrected chi connectivity index (χ0v) is 14.7. The van der Waals surface area contributed by atoms with Crippen molar-refractivity contribution in [3.05, 3.63) is 98.5 Å². The molecule has 0 amide bonds. The molecular formula is C21H14Cl2O2. The maximum Gasteiger partial charge on any atom is 0.193 e. The lowest BCUT2D eigenvalue weighted by Crippen LogP contribution is -2.22. The molecular weight excluding hydrogens is 355 g/mol. The van der Waals surface area contributed by atoms with Crippen LogP contribution in [-0.2, 0) is 6.42 Å². The minimum atomic E-state index is -0.116. The highest BCUT2D eigenvalue weighted by Gasteiger charge is 2.34. The molecule has 2 nitrogen and oxygen atoms in total. The molecule has 0 bridgehead atoms. The molecule has 0 saturated heterocycles. The number of benzene rings is 3. The Hall–Kier alpha value is -2.29. The molecule has 0 aliphatic heterocycles. The minimum Gasteiger partial charge on any atom is -0.508 e. The lowest BCUT2D eigenvalue weighted by atomic mass is 9.75. The van der Waals surface area contributed by atoms with Gasteiger partial charge < -0.3 is 5.11 Å². The maximum atomic E-state index is 12.9. The number of aromatic hydroxyl groups is 1. The van der Waals surface area contributed by atoms with Gasteiger partial charge in [-0.25, -0.2) is 0 Å². The van der Waals surface area contributed by atoms with Crippen LogP contribution in [0.5, 0.6) is 5.75 Å². The zero-order valence-electron chi connectivity index (χ0n) is 13.2. The van der Waals surface area contributed by atoms with Crippen molar-refractivity contribution >= 4 is 29.0 Å². The summed E-state index contributed by atoms with van der Waals surface area (Å²) in [5.74, 6) is 0.0611. The van der Waals surface area contributed by atoms with Crippen molar-refractivity contribution < 1.29 is 9.90 Å². The van der Waals surface area contributed by atoms with Crippen LogP contribution in [0.25, 0.3) is 0 Å². The number of fused-ring (bicyclic) bond motifs is 2. The van der Waals surface area contributed by atoms with Crippen LogP contribution in [0, 0.1) is 0 Å². The average Bonchev–Trinajstić information content (AvgIpc) is 2.60. The van der Waals surface area contributed by atoms with Crippen molar-refractivity contribution in [1.29, 1.82) is 0 Å². The molecule has 0 saturated carbocycles. The molecule has 1 N–H and O–H groups in total. The molecule has 0 aromatic heterocycles. The van der Waals surface area contributed by atoms with E-state index in [2.05, 4.69) is 0 Å². The number of phenolic OH excluding ortho intramolecular Hbond substituents is 1. The van der Waals surface area contributed by atoms with Crippen LogP contribution in [0.1, 0.15) is 38.5 Å². The van der Waals surface area contributed by atoms with Gasteiger partial charge in [-0.05, 0) is 47.4 Å². The first-order valence-corrected chi connectivity index (χ1v) is 8.71. The smallest absolute Gasteiger partial charge is 0.193 e. The van der Waals surface area contributed by atoms with E-state index in [0.717, 1.165) is 16.7 Å². The van der Waals surface area contributed by atoms with Crippen molar-refractivity contribution in [2.45, 2.75) is 12.3 Å². The Balaban J connectivity index is 1.92. The number of phenols is 1. The second-order valence-corrected chi connectivity index (χ2v) is 6.97. The summed E-state index contributed by atoms with van der Waals surface area (Å²) in [4.78, 5) is 12.9. The molecule has 0 fully saturated rings. The van der Waals surface area contributed by atoms with E-state index < -0.39 is 0 Å². The molecule has 3 aromatic carbocycles. The second-order valence-electron chi connectivity index (χ2n) is 6.15. The van der Waals surface area contributed by atoms with E-state index in [9.17, 15) is 9.90 Å². The van der Waals surface area contributed by atoms with Gasteiger partial charge in [0.05, 0.1) is 0 Å². The van der Waals surface area contributed by atoms with Crippen LogP contribution in [0.2, 0.25) is 10.0 Å². The van der Waals surface area contributed by atoms with Gasteiger partial charge in [-0.15, -0.1) is 0 Å². The van der Waals surface area contributed by atoms with Crippen molar-refractivity contribution in [3.8, 4) is 5.75 Å². The van der Waals surface area contributed by atoms with Crippen molar-refractivity contribution in [2.24, 2.45) is 0 Å². The summed E-state index contributed by atoms with van der Waals surface area (Å²) in [6.45, 7) is 0. The average molecular weight is 369 g/mol. The molecule has 0 heterocycles. The highest BCUT2D eigenvalue weighted by Crippen LogP contribution is 2.44. The van der Waals surface area contributed by atoms with Crippen LogP contribution in [0.3, 0.4) is 0 Å². The summed E-state index contributed by atoms with van der Waals surface area (Å²) in [6, 6.07) is 17.9. The fraction of sp³-hybridized carbons (Fsp3) is 0.0952. The van der Waals surface area contributed by atoms with Crippen LogP contribution >= 0.6 is 23.2 Å². The van der Waals surface area contributed by atoms with Gasteiger partial charge in [-0.1, -0.05) is 59.6 Å². The predicted molar refractivity (Wildman–Crippen MR) is 100.0 cm³/mol. The third kappa shape index (κ3) is 2.72. The lowest BCUT2D eigenvalue weighted by Gasteiger charge is -2.29. The molecule has 25 heavy (non-hydrogen) atoms. The van der Waals surface area contributed by atoms with E-state index in [1.54, 1.807) is 36.4 Å². The van der Waals surface area contributed by atoms with Crippen molar-refractivity contribution in [2.75, 3.05) is 0 Å². The Bertz CT molecular complexity index is 922. The van der Waals surface area contributed by atoms with E-state index in [4.69, 9.17) is 23.2 Å². The predicted octanol–water partition coefficient (Wildman–Crippen LogP) is 5.62. The first kappa shape index (κ1) is 16.2. The minimum absolute atomic E-state index is 0.0445. The molecule has 0 radical (unpaired) electrons. The SMILES string of the molecule is O=C1c2cccc(Cl)c2C(Cc2ccc(O)cc2)c2c(Cl)cccc21. The zero-order chi connectivity index (χ0) is 17.6. The van der Waals surface area contributed by atoms with Gasteiger partial charge in [-0.2, -0.15) is 0 Å². The molecule has 1 aliphatic carbocycles. The Morgan fingerprint density at radius 2 is 1.32 bits per heavy atom. The van der Waals surface area contributed by atoms with Gasteiger partial charge in [-0.3, -0.25) is 4.79 Å². The quantitative estimate of drug-likeness (QED) is 0.637. The molecule has 0 unspecified atom stereocenters. The third-order valence-corrected chi connectivity index (χ3v) is 5.33. The number of carbonyl (C=O) groups is 1. The molecule has 4 rings (SSSR count). The third-order valence-electron chi connectivity index (χ3n) is 4.67. The fourth-order valence-electron chi connectivity index (χ4n) is 3.54. The van der Waals surface area contributed by atoms with Crippen LogP contribution in [0.15, 0.2) is 60.7 Å². The number of halogens is 2. The summed E-state index contributed by atoms with van der Waals surface area (Å²) in [5, 5.41) is 10.7. The summed E-state index contributed by atoms with van der Waals surface area (Å²) in [6.07, 6.45) is 0.640. The normalized spacial score (nSPS) is 13.4. The van der Waals surface area contributed by atoms with E-state index in [1.807, 2.05) is 24.3 Å². The Kier molecular flexibility index (Phi) is 4.03. The van der Waals surface area contributed by atoms with Crippen LogP contribution in [0.4, 0.5) is 0 Å². The van der Waals surface area contributed by atoms with Gasteiger partial charge in [0, 0.05) is 27.1 Å². The number of rotatable bonds is 2. The highest BCUT2D eigenvalue weighted by atomic mass is 35.5. The Morgan fingerprint density at radius 1 is 0.800 bits per heavy atom. The summed E-state index contributed by atoms with van der Waals surface area (Å²) in [7, 11) is 0. The van der Waals surface area contributed by atoms with Gasteiger partial charge >= 0.3 is 0 Å². The number of carbonyl (C=O) groups excluding carboxylic acids is 1. The Labute approximate surface area is 155 Å². The van der Waals surface area contributed by atoms with Crippen LogP contribution in [-0.4, -0.2) is 10.9 Å². The van der Waals surface area contributed by atoms with E-state index in [1.165, 1.54) is 0 Å². The second kappa shape index (κ2) is 6.21. The first-order chi connectivity index (χ1) is 12.1. The standard InChI is InChI=1S/C21H14Cl2O2/c22-17-5-1-3-14-19(17)16(11-12-7-9-13(24)10-8-12)20-15(21(14)25)4-2-6-18(20)23/h1-10,16,24H,11H2. The monoisotopic (exact) mass is 368 g/mol. The first-order valence-electron chi connectivity index (χ1n) is 7.95. The molecule has 4 heteroatoms. The van der Waals surface area contributed by atoms with Crippen molar-refractivity contribution in [3.63, 3.8) is 0 Å². The molecule has 124 valence electrons. The number of ketones is 1. The van der Waals surface area contributed by atoms with Crippen LogP contribution < -0.4 is 0 Å². The lowest BCUT2D eigenvalue weighted by molar-refractivity contribution is 0.103. The summed E-state index contributed by atoms with van der Waals surface area (Å²) < 4.78 is 0. The van der Waals surface area contributed by atoms with Crippen molar-refractivity contribution in [1.82, 2.24) is 0 Å². The van der Waals surface area contributed by atoms with E-state index in [-0.39, 0.29) is 17.5 Å². The largest absolute Gasteiger partial charge is 0.508 e. The van der Waals surface area contributed by atoms with E-state index in [0.29, 0.717) is 27.6 Å². The van der Waals surface area contributed by atoms with Gasteiger partial charge in [0.2, 0.25) is 0 Å². The van der Waals surface area contributed by atoms with Gasteiger partial charge in [0.15, 0.2) is 5.78 Å². The summed E-state index contributed by atoms with van der Waals surface area (Å²) >= 11 is 13.0. The number of hydrogen-bond donors (Lipinski definition) is 1. The molecule has 0 atom stereocenters.